The van der Waals surface area contributed by atoms with Crippen LogP contribution in [0.5, 0.6) is 0 Å². The summed E-state index contributed by atoms with van der Waals surface area (Å²) in [6.45, 7) is 3.07. The first kappa shape index (κ1) is 15.2. The van der Waals surface area contributed by atoms with Gasteiger partial charge in [-0.1, -0.05) is 6.07 Å². The summed E-state index contributed by atoms with van der Waals surface area (Å²) in [5.41, 5.74) is -0.550. The van der Waals surface area contributed by atoms with Gasteiger partial charge in [-0.3, -0.25) is 0 Å². The average molecular weight is 329 g/mol. The van der Waals surface area contributed by atoms with E-state index in [2.05, 4.69) is 17.0 Å². The van der Waals surface area contributed by atoms with Crippen LogP contribution < -0.4 is 9.80 Å². The molecule has 0 spiro atoms. The average Bonchev–Trinajstić information content (AvgIpc) is 3.01. The first-order chi connectivity index (χ1) is 10.4. The second-order valence-electron chi connectivity index (χ2n) is 5.36. The summed E-state index contributed by atoms with van der Waals surface area (Å²) in [5, 5.41) is 1.82. The predicted octanol–water partition coefficient (Wildman–Crippen LogP) is 1.56. The molecule has 118 valence electrons. The smallest absolute Gasteiger partial charge is 0.334 e. The number of alkyl halides is 3. The van der Waals surface area contributed by atoms with Gasteiger partial charge < -0.3 is 9.80 Å². The molecule has 2 aromatic rings. The zero-order chi connectivity index (χ0) is 15.7. The highest BCUT2D eigenvalue weighted by Crippen LogP contribution is 2.33. The molecule has 0 unspecified atom stereocenters. The number of likely N-dealkylation sites (N-methyl/N-ethyl adjacent to an activating group) is 1. The molecular formula is C14H16F3N4S+. The van der Waals surface area contributed by atoms with Crippen molar-refractivity contribution in [2.24, 2.45) is 0 Å². The maximum atomic E-state index is 13.1. The molecule has 1 saturated heterocycles. The Morgan fingerprint density at radius 3 is 2.55 bits per heavy atom. The molecule has 0 atom stereocenters. The van der Waals surface area contributed by atoms with E-state index in [9.17, 15) is 13.2 Å². The van der Waals surface area contributed by atoms with Crippen LogP contribution in [0.3, 0.4) is 0 Å². The molecular weight excluding hydrogens is 313 g/mol. The summed E-state index contributed by atoms with van der Waals surface area (Å²) in [4.78, 5) is 12.0. The van der Waals surface area contributed by atoms with Gasteiger partial charge in [-0.25, -0.2) is 9.97 Å². The summed E-state index contributed by atoms with van der Waals surface area (Å²) in [5.74, 6) is 0.172. The number of hydrogen-bond acceptors (Lipinski definition) is 4. The van der Waals surface area contributed by atoms with Crippen LogP contribution in [0.1, 0.15) is 5.69 Å². The van der Waals surface area contributed by atoms with Crippen LogP contribution in [0.4, 0.5) is 19.1 Å². The lowest BCUT2D eigenvalue weighted by atomic mass is 10.2. The minimum atomic E-state index is -4.47. The van der Waals surface area contributed by atoms with Crippen LogP contribution in [-0.4, -0.2) is 43.2 Å². The van der Waals surface area contributed by atoms with Crippen molar-refractivity contribution in [3.63, 3.8) is 0 Å². The second-order valence-corrected chi connectivity index (χ2v) is 6.31. The minimum absolute atomic E-state index is 0.172. The van der Waals surface area contributed by atoms with Crippen LogP contribution >= 0.6 is 11.3 Å². The number of nitrogens with zero attached hydrogens (tertiary/aromatic N) is 3. The Labute approximate surface area is 130 Å². The van der Waals surface area contributed by atoms with Crippen molar-refractivity contribution in [2.75, 3.05) is 38.1 Å². The Kier molecular flexibility index (Phi) is 4.05. The molecule has 0 saturated carbocycles. The molecule has 0 bridgehead atoms. The molecule has 1 fully saturated rings. The SMILES string of the molecule is C[NH+]1CCN(c2nc(-c3cccs3)cc(C(F)(F)F)n2)CC1. The van der Waals surface area contributed by atoms with Crippen LogP contribution in [0.2, 0.25) is 0 Å². The minimum Gasteiger partial charge on any atom is -0.334 e. The van der Waals surface area contributed by atoms with Gasteiger partial charge in [-0.05, 0) is 17.5 Å². The van der Waals surface area contributed by atoms with E-state index in [-0.39, 0.29) is 5.95 Å². The maximum absolute atomic E-state index is 13.1. The van der Waals surface area contributed by atoms with Crippen LogP contribution in [-0.2, 0) is 6.18 Å². The summed E-state index contributed by atoms with van der Waals surface area (Å²) in [6, 6.07) is 4.59. The van der Waals surface area contributed by atoms with Gasteiger partial charge in [0.15, 0.2) is 5.69 Å². The number of rotatable bonds is 2. The third-order valence-corrected chi connectivity index (χ3v) is 4.57. The summed E-state index contributed by atoms with van der Waals surface area (Å²) < 4.78 is 39.3. The molecule has 3 rings (SSSR count). The van der Waals surface area contributed by atoms with Gasteiger partial charge in [-0.2, -0.15) is 13.2 Å². The predicted molar refractivity (Wildman–Crippen MR) is 79.2 cm³/mol. The van der Waals surface area contributed by atoms with Crippen molar-refractivity contribution in [2.45, 2.75) is 6.18 Å². The summed E-state index contributed by atoms with van der Waals surface area (Å²) >= 11 is 1.37. The quantitative estimate of drug-likeness (QED) is 0.908. The molecule has 0 aromatic carbocycles. The Morgan fingerprint density at radius 1 is 1.23 bits per heavy atom. The van der Waals surface area contributed by atoms with Crippen molar-refractivity contribution in [3.05, 3.63) is 29.3 Å². The lowest BCUT2D eigenvalue weighted by Crippen LogP contribution is -3.12. The zero-order valence-corrected chi connectivity index (χ0v) is 12.8. The van der Waals surface area contributed by atoms with Crippen LogP contribution in [0.25, 0.3) is 10.6 Å². The topological polar surface area (TPSA) is 33.5 Å². The van der Waals surface area contributed by atoms with Crippen LogP contribution in [0.15, 0.2) is 23.6 Å². The number of thiophene rings is 1. The Balaban J connectivity index is 2.00. The van der Waals surface area contributed by atoms with E-state index in [0.29, 0.717) is 23.7 Å². The normalized spacial score (nSPS) is 17.0. The van der Waals surface area contributed by atoms with Crippen LogP contribution in [0, 0.1) is 0 Å². The molecule has 0 amide bonds. The highest BCUT2D eigenvalue weighted by Gasteiger charge is 2.34. The van der Waals surface area contributed by atoms with Crippen molar-refractivity contribution < 1.29 is 18.1 Å². The fourth-order valence-corrected chi connectivity index (χ4v) is 3.05. The van der Waals surface area contributed by atoms with E-state index < -0.39 is 11.9 Å². The number of aromatic nitrogens is 2. The fraction of sp³-hybridized carbons (Fsp3) is 0.429. The third-order valence-electron chi connectivity index (χ3n) is 3.68. The molecule has 22 heavy (non-hydrogen) atoms. The molecule has 4 nitrogen and oxygen atoms in total. The summed E-state index contributed by atoms with van der Waals surface area (Å²) in [6.07, 6.45) is -4.47. The first-order valence-electron chi connectivity index (χ1n) is 7.00. The summed E-state index contributed by atoms with van der Waals surface area (Å²) in [7, 11) is 2.07. The van der Waals surface area contributed by atoms with E-state index in [1.165, 1.54) is 16.2 Å². The van der Waals surface area contributed by atoms with Gasteiger partial charge in [0.05, 0.1) is 43.8 Å². The lowest BCUT2D eigenvalue weighted by Gasteiger charge is -2.30. The Morgan fingerprint density at radius 2 is 1.95 bits per heavy atom. The van der Waals surface area contributed by atoms with E-state index in [0.717, 1.165) is 19.2 Å². The monoisotopic (exact) mass is 329 g/mol. The maximum Gasteiger partial charge on any atom is 0.433 e. The van der Waals surface area contributed by atoms with Gasteiger partial charge in [0.2, 0.25) is 5.95 Å². The second kappa shape index (κ2) is 5.85. The molecule has 0 aliphatic carbocycles. The van der Waals surface area contributed by atoms with Gasteiger partial charge in [0.1, 0.15) is 0 Å². The highest BCUT2D eigenvalue weighted by atomic mass is 32.1. The fourth-order valence-electron chi connectivity index (χ4n) is 2.36. The molecule has 8 heteroatoms. The van der Waals surface area contributed by atoms with Crippen molar-refractivity contribution >= 4 is 17.3 Å². The van der Waals surface area contributed by atoms with Gasteiger partial charge in [0.25, 0.3) is 0 Å². The molecule has 1 aliphatic heterocycles. The third kappa shape index (κ3) is 3.22. The highest BCUT2D eigenvalue weighted by molar-refractivity contribution is 7.13. The lowest BCUT2D eigenvalue weighted by molar-refractivity contribution is -0.880. The largest absolute Gasteiger partial charge is 0.433 e. The van der Waals surface area contributed by atoms with E-state index in [4.69, 9.17) is 0 Å². The number of piperazine rings is 1. The zero-order valence-electron chi connectivity index (χ0n) is 12.0. The molecule has 0 radical (unpaired) electrons. The van der Waals surface area contributed by atoms with Crippen molar-refractivity contribution in [3.8, 4) is 10.6 Å². The molecule has 3 heterocycles. The molecule has 2 aromatic heterocycles. The Bertz CT molecular complexity index is 634. The number of anilines is 1. The Hall–Kier alpha value is -1.67. The van der Waals surface area contributed by atoms with Gasteiger partial charge in [-0.15, -0.1) is 11.3 Å². The number of quaternary nitrogens is 1. The first-order valence-corrected chi connectivity index (χ1v) is 7.88. The van der Waals surface area contributed by atoms with Gasteiger partial charge in [0, 0.05) is 0 Å². The van der Waals surface area contributed by atoms with E-state index in [1.807, 2.05) is 10.3 Å². The molecule has 1 N–H and O–H groups in total. The number of hydrogen-bond donors (Lipinski definition) is 1. The number of nitrogens with one attached hydrogen (secondary N) is 1. The number of halogens is 3. The van der Waals surface area contributed by atoms with E-state index in [1.54, 1.807) is 12.1 Å². The van der Waals surface area contributed by atoms with Crippen molar-refractivity contribution in [1.82, 2.24) is 9.97 Å². The van der Waals surface area contributed by atoms with Crippen molar-refractivity contribution in [1.29, 1.82) is 0 Å². The molecule has 1 aliphatic rings. The van der Waals surface area contributed by atoms with E-state index >= 15 is 0 Å². The standard InChI is InChI=1S/C14H15F3N4S/c1-20-4-6-21(7-5-20)13-18-10(11-3-2-8-22-11)9-12(19-13)14(15,16)17/h2-3,8-9H,4-7H2,1H3/p+1. The van der Waals surface area contributed by atoms with Gasteiger partial charge >= 0.3 is 6.18 Å².